The second-order valence-electron chi connectivity index (χ2n) is 5.66. The van der Waals surface area contributed by atoms with Gasteiger partial charge < -0.3 is 9.80 Å². The molecule has 2 aromatic carbocycles. The summed E-state index contributed by atoms with van der Waals surface area (Å²) in [6.07, 6.45) is 1.88. The van der Waals surface area contributed by atoms with Crippen LogP contribution in [0.15, 0.2) is 48.7 Å². The van der Waals surface area contributed by atoms with Gasteiger partial charge in [0.1, 0.15) is 0 Å². The van der Waals surface area contributed by atoms with Crippen LogP contribution in [0.2, 0.25) is 0 Å². The number of aromatic amines is 1. The molecule has 4 nitrogen and oxygen atoms in total. The number of hydrogen-bond acceptors (Lipinski definition) is 3. The van der Waals surface area contributed by atoms with Gasteiger partial charge >= 0.3 is 0 Å². The lowest BCUT2D eigenvalue weighted by Crippen LogP contribution is -2.26. The van der Waals surface area contributed by atoms with E-state index in [9.17, 15) is 0 Å². The Morgan fingerprint density at radius 2 is 2.00 bits per heavy atom. The lowest BCUT2D eigenvalue weighted by Gasteiger charge is -2.25. The summed E-state index contributed by atoms with van der Waals surface area (Å²) in [6, 6.07) is 15.2. The summed E-state index contributed by atoms with van der Waals surface area (Å²) in [5.41, 5.74) is 5.00. The van der Waals surface area contributed by atoms with Gasteiger partial charge in [0.15, 0.2) is 0 Å². The highest BCUT2D eigenvalue weighted by atomic mass is 15.2. The maximum Gasteiger partial charge on any atom is 0.0651 e. The van der Waals surface area contributed by atoms with Crippen molar-refractivity contribution in [1.82, 2.24) is 15.1 Å². The summed E-state index contributed by atoms with van der Waals surface area (Å²) in [5.74, 6) is 0. The molecule has 0 saturated heterocycles. The number of aromatic nitrogens is 2. The van der Waals surface area contributed by atoms with Crippen molar-refractivity contribution in [1.29, 1.82) is 0 Å². The lowest BCUT2D eigenvalue weighted by molar-refractivity contribution is 0.343. The molecular formula is C17H18N4. The van der Waals surface area contributed by atoms with Crippen LogP contribution < -0.4 is 4.90 Å². The van der Waals surface area contributed by atoms with Crippen molar-refractivity contribution in [3.05, 3.63) is 54.2 Å². The van der Waals surface area contributed by atoms with E-state index in [0.29, 0.717) is 0 Å². The first-order valence-corrected chi connectivity index (χ1v) is 7.28. The zero-order valence-electron chi connectivity index (χ0n) is 12.1. The first kappa shape index (κ1) is 12.4. The molecule has 0 aliphatic carbocycles. The minimum Gasteiger partial charge on any atom is -0.340 e. The van der Waals surface area contributed by atoms with Crippen LogP contribution in [-0.2, 0) is 6.54 Å². The zero-order chi connectivity index (χ0) is 14.2. The van der Waals surface area contributed by atoms with E-state index < -0.39 is 0 Å². The summed E-state index contributed by atoms with van der Waals surface area (Å²) in [7, 11) is 2.18. The van der Waals surface area contributed by atoms with Gasteiger partial charge in [0.25, 0.3) is 0 Å². The Labute approximate surface area is 124 Å². The lowest BCUT2D eigenvalue weighted by atomic mass is 10.1. The molecule has 1 aromatic heterocycles. The van der Waals surface area contributed by atoms with Crippen LogP contribution in [0, 0.1) is 0 Å². The standard InChI is InChI=1S/C17H18N4/c1-20-8-9-21(17-5-3-2-4-13(17)12-20)15-6-7-16-14(10-15)11-18-19-16/h2-7,10-11H,8-9,12H2,1H3,(H,18,19). The molecule has 0 saturated carbocycles. The molecule has 2 heterocycles. The third-order valence-electron chi connectivity index (χ3n) is 4.16. The van der Waals surface area contributed by atoms with Crippen molar-refractivity contribution in [2.45, 2.75) is 6.54 Å². The summed E-state index contributed by atoms with van der Waals surface area (Å²) in [4.78, 5) is 4.78. The van der Waals surface area contributed by atoms with E-state index in [1.807, 2.05) is 6.20 Å². The first-order chi connectivity index (χ1) is 10.3. The normalized spacial score (nSPS) is 16.0. The van der Waals surface area contributed by atoms with Crippen LogP contribution in [-0.4, -0.2) is 35.2 Å². The van der Waals surface area contributed by atoms with Gasteiger partial charge in [-0.15, -0.1) is 0 Å². The van der Waals surface area contributed by atoms with E-state index in [0.717, 1.165) is 30.5 Å². The van der Waals surface area contributed by atoms with Gasteiger partial charge in [-0.2, -0.15) is 5.10 Å². The van der Waals surface area contributed by atoms with Gasteiger partial charge in [-0.05, 0) is 36.9 Å². The molecular weight excluding hydrogens is 260 g/mol. The zero-order valence-corrected chi connectivity index (χ0v) is 12.1. The van der Waals surface area contributed by atoms with Crippen molar-refractivity contribution in [2.24, 2.45) is 0 Å². The smallest absolute Gasteiger partial charge is 0.0651 e. The minimum absolute atomic E-state index is 0.997. The third-order valence-corrected chi connectivity index (χ3v) is 4.16. The van der Waals surface area contributed by atoms with Crippen LogP contribution in [0.4, 0.5) is 11.4 Å². The van der Waals surface area contributed by atoms with Crippen molar-refractivity contribution < 1.29 is 0 Å². The van der Waals surface area contributed by atoms with E-state index >= 15 is 0 Å². The van der Waals surface area contributed by atoms with Crippen molar-refractivity contribution in [3.8, 4) is 0 Å². The fourth-order valence-electron chi connectivity index (χ4n) is 3.04. The molecule has 4 heteroatoms. The Bertz CT molecular complexity index is 777. The van der Waals surface area contributed by atoms with E-state index in [1.54, 1.807) is 0 Å². The number of likely N-dealkylation sites (N-methyl/N-ethyl adjacent to an activating group) is 1. The number of benzene rings is 2. The van der Waals surface area contributed by atoms with E-state index in [-0.39, 0.29) is 0 Å². The van der Waals surface area contributed by atoms with Gasteiger partial charge in [-0.3, -0.25) is 5.10 Å². The monoisotopic (exact) mass is 278 g/mol. The molecule has 0 radical (unpaired) electrons. The molecule has 21 heavy (non-hydrogen) atoms. The highest BCUT2D eigenvalue weighted by Crippen LogP contribution is 2.32. The van der Waals surface area contributed by atoms with Crippen LogP contribution in [0.25, 0.3) is 10.9 Å². The maximum absolute atomic E-state index is 4.11. The number of hydrogen-bond donors (Lipinski definition) is 1. The number of anilines is 2. The molecule has 106 valence electrons. The van der Waals surface area contributed by atoms with E-state index in [4.69, 9.17) is 0 Å². The molecule has 0 atom stereocenters. The molecule has 0 amide bonds. The third kappa shape index (κ3) is 2.17. The molecule has 1 N–H and O–H groups in total. The second kappa shape index (κ2) is 4.90. The maximum atomic E-state index is 4.11. The molecule has 3 aromatic rings. The van der Waals surface area contributed by atoms with Crippen molar-refractivity contribution in [3.63, 3.8) is 0 Å². The Balaban J connectivity index is 1.83. The summed E-state index contributed by atoms with van der Waals surface area (Å²) in [5, 5.41) is 8.28. The van der Waals surface area contributed by atoms with Crippen LogP contribution in [0.3, 0.4) is 0 Å². The molecule has 0 unspecified atom stereocenters. The molecule has 1 aliphatic rings. The quantitative estimate of drug-likeness (QED) is 0.742. The fourth-order valence-corrected chi connectivity index (χ4v) is 3.04. The molecule has 0 fully saturated rings. The number of nitrogens with zero attached hydrogens (tertiary/aromatic N) is 3. The molecule has 4 rings (SSSR count). The number of rotatable bonds is 1. The number of para-hydroxylation sites is 1. The predicted molar refractivity (Wildman–Crippen MR) is 85.9 cm³/mol. The van der Waals surface area contributed by atoms with Crippen molar-refractivity contribution >= 4 is 22.3 Å². The molecule has 0 spiro atoms. The summed E-state index contributed by atoms with van der Waals surface area (Å²) < 4.78 is 0. The predicted octanol–water partition coefficient (Wildman–Crippen LogP) is 3.15. The highest BCUT2D eigenvalue weighted by Gasteiger charge is 2.18. The van der Waals surface area contributed by atoms with Crippen LogP contribution >= 0.6 is 0 Å². The topological polar surface area (TPSA) is 35.2 Å². The SMILES string of the molecule is CN1CCN(c2ccc3[nH]ncc3c2)c2ccccc2C1. The second-order valence-corrected chi connectivity index (χ2v) is 5.66. The number of H-pyrrole nitrogens is 1. The first-order valence-electron chi connectivity index (χ1n) is 7.28. The van der Waals surface area contributed by atoms with Gasteiger partial charge in [0, 0.05) is 36.4 Å². The Morgan fingerprint density at radius 1 is 1.10 bits per heavy atom. The van der Waals surface area contributed by atoms with Crippen LogP contribution in [0.1, 0.15) is 5.56 Å². The molecule has 1 aliphatic heterocycles. The average Bonchev–Trinajstić information content (AvgIpc) is 2.89. The van der Waals surface area contributed by atoms with E-state index in [1.165, 1.54) is 16.9 Å². The highest BCUT2D eigenvalue weighted by molar-refractivity contribution is 5.83. The fraction of sp³-hybridized carbons (Fsp3) is 0.235. The Kier molecular flexibility index (Phi) is 2.89. The van der Waals surface area contributed by atoms with Gasteiger partial charge in [-0.1, -0.05) is 18.2 Å². The van der Waals surface area contributed by atoms with Crippen molar-refractivity contribution in [2.75, 3.05) is 25.0 Å². The molecule has 0 bridgehead atoms. The Morgan fingerprint density at radius 3 is 2.95 bits per heavy atom. The Hall–Kier alpha value is -2.33. The largest absolute Gasteiger partial charge is 0.340 e. The van der Waals surface area contributed by atoms with E-state index in [2.05, 4.69) is 69.5 Å². The summed E-state index contributed by atoms with van der Waals surface area (Å²) >= 11 is 0. The average molecular weight is 278 g/mol. The van der Waals surface area contributed by atoms with Gasteiger partial charge in [0.2, 0.25) is 0 Å². The van der Waals surface area contributed by atoms with Gasteiger partial charge in [0.05, 0.1) is 11.7 Å². The van der Waals surface area contributed by atoms with Gasteiger partial charge in [-0.25, -0.2) is 0 Å². The number of fused-ring (bicyclic) bond motifs is 2. The summed E-state index contributed by atoms with van der Waals surface area (Å²) in [6.45, 7) is 3.05. The minimum atomic E-state index is 0.997. The van der Waals surface area contributed by atoms with Crippen LogP contribution in [0.5, 0.6) is 0 Å². The number of nitrogens with one attached hydrogen (secondary N) is 1.